The number of nitrogens with one attached hydrogen (secondary N) is 2. The van der Waals surface area contributed by atoms with Gasteiger partial charge in [-0.3, -0.25) is 9.78 Å². The van der Waals surface area contributed by atoms with Crippen LogP contribution in [0.3, 0.4) is 0 Å². The molecule has 2 aromatic heterocycles. The number of H-pyrrole nitrogens is 2. The molecule has 3 aromatic rings. The highest BCUT2D eigenvalue weighted by atomic mass is 16.1. The van der Waals surface area contributed by atoms with E-state index in [1.165, 1.54) is 0 Å². The third-order valence-corrected chi connectivity index (χ3v) is 2.81. The summed E-state index contributed by atoms with van der Waals surface area (Å²) in [5.41, 5.74) is 1.55. The van der Waals surface area contributed by atoms with Gasteiger partial charge in [0.1, 0.15) is 0 Å². The lowest BCUT2D eigenvalue weighted by atomic mass is 10.1. The minimum absolute atomic E-state index is 0.107. The molecule has 0 radical (unpaired) electrons. The lowest BCUT2D eigenvalue weighted by Crippen LogP contribution is -2.18. The fraction of sp³-hybridized carbons (Fsp3) is 0.167. The number of aromatic amines is 2. The average molecular weight is 228 g/mol. The van der Waals surface area contributed by atoms with Gasteiger partial charge in [-0.15, -0.1) is 0 Å². The summed E-state index contributed by atoms with van der Waals surface area (Å²) < 4.78 is 0. The van der Waals surface area contributed by atoms with Gasteiger partial charge in [-0.25, -0.2) is 4.98 Å². The Morgan fingerprint density at radius 2 is 2.06 bits per heavy atom. The maximum Gasteiger partial charge on any atom is 0.260 e. The number of rotatable bonds is 1. The molecule has 0 atom stereocenters. The van der Waals surface area contributed by atoms with E-state index in [-0.39, 0.29) is 5.56 Å². The van der Waals surface area contributed by atoms with Crippen LogP contribution in [0.5, 0.6) is 0 Å². The van der Waals surface area contributed by atoms with E-state index < -0.39 is 0 Å². The van der Waals surface area contributed by atoms with Gasteiger partial charge in [0.05, 0.1) is 10.9 Å². The summed E-state index contributed by atoms with van der Waals surface area (Å²) in [6.45, 7) is 0. The van der Waals surface area contributed by atoms with E-state index in [0.717, 1.165) is 10.9 Å². The minimum Gasteiger partial charge on any atom is -0.361 e. The second kappa shape index (κ2) is 3.35. The summed E-state index contributed by atoms with van der Waals surface area (Å²) in [5, 5.41) is 1.54. The molecular formula is C12H12N4O. The third kappa shape index (κ3) is 1.39. The molecule has 0 aliphatic rings. The van der Waals surface area contributed by atoms with Crippen LogP contribution in [-0.4, -0.2) is 29.0 Å². The molecule has 0 aliphatic heterocycles. The zero-order chi connectivity index (χ0) is 12.0. The summed E-state index contributed by atoms with van der Waals surface area (Å²) in [6.07, 6.45) is 1.82. The van der Waals surface area contributed by atoms with E-state index in [1.807, 2.05) is 38.5 Å². The molecule has 5 nitrogen and oxygen atoms in total. The molecule has 2 N–H and O–H groups in total. The first kappa shape index (κ1) is 9.89. The van der Waals surface area contributed by atoms with E-state index in [0.29, 0.717) is 16.9 Å². The summed E-state index contributed by atoms with van der Waals surface area (Å²) >= 11 is 0. The van der Waals surface area contributed by atoms with E-state index in [1.54, 1.807) is 4.90 Å². The highest BCUT2D eigenvalue weighted by Crippen LogP contribution is 2.20. The Morgan fingerprint density at radius 3 is 2.82 bits per heavy atom. The first-order chi connectivity index (χ1) is 8.16. The highest BCUT2D eigenvalue weighted by Gasteiger charge is 2.09. The van der Waals surface area contributed by atoms with Gasteiger partial charge in [0, 0.05) is 31.2 Å². The quantitative estimate of drug-likeness (QED) is 0.663. The van der Waals surface area contributed by atoms with Crippen LogP contribution in [0.25, 0.3) is 21.8 Å². The lowest BCUT2D eigenvalue weighted by molar-refractivity contribution is 1.00. The summed E-state index contributed by atoms with van der Waals surface area (Å²) in [7, 11) is 3.69. The number of hydrogen-bond donors (Lipinski definition) is 2. The summed E-state index contributed by atoms with van der Waals surface area (Å²) in [6, 6.07) is 5.68. The van der Waals surface area contributed by atoms with Crippen molar-refractivity contribution < 1.29 is 0 Å². The second-order valence-corrected chi connectivity index (χ2v) is 4.18. The molecule has 0 spiro atoms. The zero-order valence-corrected chi connectivity index (χ0v) is 9.61. The second-order valence-electron chi connectivity index (χ2n) is 4.18. The predicted molar refractivity (Wildman–Crippen MR) is 68.5 cm³/mol. The van der Waals surface area contributed by atoms with E-state index in [9.17, 15) is 4.79 Å². The highest BCUT2D eigenvalue weighted by molar-refractivity contribution is 6.04. The molecule has 0 saturated heterocycles. The van der Waals surface area contributed by atoms with E-state index in [2.05, 4.69) is 15.0 Å². The molecule has 0 fully saturated rings. The normalized spacial score (nSPS) is 11.2. The van der Waals surface area contributed by atoms with Gasteiger partial charge in [0.15, 0.2) is 0 Å². The largest absolute Gasteiger partial charge is 0.361 e. The maximum absolute atomic E-state index is 12.1. The monoisotopic (exact) mass is 228 g/mol. The van der Waals surface area contributed by atoms with Crippen LogP contribution in [-0.2, 0) is 0 Å². The average Bonchev–Trinajstić information content (AvgIpc) is 2.76. The van der Waals surface area contributed by atoms with Crippen molar-refractivity contribution in [3.8, 4) is 0 Å². The zero-order valence-electron chi connectivity index (χ0n) is 9.61. The van der Waals surface area contributed by atoms with Crippen LogP contribution in [0, 0.1) is 0 Å². The number of aromatic nitrogens is 3. The van der Waals surface area contributed by atoms with Crippen LogP contribution >= 0.6 is 0 Å². The van der Waals surface area contributed by atoms with Crippen LogP contribution in [0.2, 0.25) is 0 Å². The fourth-order valence-corrected chi connectivity index (χ4v) is 1.97. The Hall–Kier alpha value is -2.30. The van der Waals surface area contributed by atoms with Crippen molar-refractivity contribution in [2.75, 3.05) is 19.0 Å². The molecule has 0 amide bonds. The van der Waals surface area contributed by atoms with Gasteiger partial charge in [0.2, 0.25) is 5.95 Å². The molecule has 1 aromatic carbocycles. The molecule has 86 valence electrons. The topological polar surface area (TPSA) is 64.8 Å². The summed E-state index contributed by atoms with van der Waals surface area (Å²) in [4.78, 5) is 24.1. The molecule has 5 heteroatoms. The van der Waals surface area contributed by atoms with Crippen LogP contribution in [0.1, 0.15) is 0 Å². The number of anilines is 1. The summed E-state index contributed by atoms with van der Waals surface area (Å²) in [5.74, 6) is 0.567. The Labute approximate surface area is 97.1 Å². The standard InChI is InChI=1S/C12H12N4O/c1-16(2)12-14-9-4-3-8-7(5-6-13-8)10(9)11(17)15-12/h3-6,13H,1-2H3,(H,14,15,17). The van der Waals surface area contributed by atoms with Crippen LogP contribution < -0.4 is 10.5 Å². The molecule has 3 rings (SSSR count). The van der Waals surface area contributed by atoms with Crippen molar-refractivity contribution in [1.82, 2.24) is 15.0 Å². The van der Waals surface area contributed by atoms with Gasteiger partial charge in [-0.2, -0.15) is 0 Å². The van der Waals surface area contributed by atoms with Crippen LogP contribution in [0.4, 0.5) is 5.95 Å². The number of benzene rings is 1. The SMILES string of the molecule is CN(C)c1nc2ccc3[nH]ccc3c2c(=O)[nH]1. The van der Waals surface area contributed by atoms with Crippen molar-refractivity contribution >= 4 is 27.8 Å². The Morgan fingerprint density at radius 1 is 1.24 bits per heavy atom. The number of hydrogen-bond acceptors (Lipinski definition) is 3. The Balaban J connectivity index is 2.49. The molecule has 0 unspecified atom stereocenters. The van der Waals surface area contributed by atoms with Crippen molar-refractivity contribution in [3.63, 3.8) is 0 Å². The Bertz CT molecular complexity index is 754. The predicted octanol–water partition coefficient (Wildman–Crippen LogP) is 1.47. The van der Waals surface area contributed by atoms with Crippen molar-refractivity contribution in [1.29, 1.82) is 0 Å². The number of fused-ring (bicyclic) bond motifs is 3. The molecule has 2 heterocycles. The van der Waals surface area contributed by atoms with Gasteiger partial charge in [0.25, 0.3) is 5.56 Å². The van der Waals surface area contributed by atoms with Gasteiger partial charge in [-0.05, 0) is 18.2 Å². The first-order valence-electron chi connectivity index (χ1n) is 5.34. The lowest BCUT2D eigenvalue weighted by Gasteiger charge is -2.11. The van der Waals surface area contributed by atoms with E-state index in [4.69, 9.17) is 0 Å². The molecular weight excluding hydrogens is 216 g/mol. The minimum atomic E-state index is -0.107. The molecule has 17 heavy (non-hydrogen) atoms. The van der Waals surface area contributed by atoms with E-state index >= 15 is 0 Å². The van der Waals surface area contributed by atoms with Crippen molar-refractivity contribution in [3.05, 3.63) is 34.7 Å². The third-order valence-electron chi connectivity index (χ3n) is 2.81. The van der Waals surface area contributed by atoms with Gasteiger partial charge < -0.3 is 9.88 Å². The maximum atomic E-state index is 12.1. The first-order valence-corrected chi connectivity index (χ1v) is 5.34. The fourth-order valence-electron chi connectivity index (χ4n) is 1.97. The van der Waals surface area contributed by atoms with Crippen molar-refractivity contribution in [2.24, 2.45) is 0 Å². The number of nitrogens with zero attached hydrogens (tertiary/aromatic N) is 2. The van der Waals surface area contributed by atoms with Gasteiger partial charge >= 0.3 is 0 Å². The molecule has 0 aliphatic carbocycles. The van der Waals surface area contributed by atoms with Crippen molar-refractivity contribution in [2.45, 2.75) is 0 Å². The Kier molecular flexibility index (Phi) is 1.95. The van der Waals surface area contributed by atoms with Crippen LogP contribution in [0.15, 0.2) is 29.2 Å². The molecule has 0 saturated carbocycles. The molecule has 0 bridgehead atoms. The van der Waals surface area contributed by atoms with Gasteiger partial charge in [-0.1, -0.05) is 0 Å². The smallest absolute Gasteiger partial charge is 0.260 e.